The van der Waals surface area contributed by atoms with Crippen molar-refractivity contribution in [3.63, 3.8) is 0 Å². The second-order valence-electron chi connectivity index (χ2n) is 8.48. The van der Waals surface area contributed by atoms with Crippen molar-refractivity contribution < 1.29 is 9.59 Å². The summed E-state index contributed by atoms with van der Waals surface area (Å²) in [5.74, 6) is -0.462. The zero-order valence-corrected chi connectivity index (χ0v) is 17.0. The number of fused-ring (bicyclic) bond motifs is 3. The summed E-state index contributed by atoms with van der Waals surface area (Å²) in [4.78, 5) is 31.6. The van der Waals surface area contributed by atoms with E-state index in [1.165, 1.54) is 0 Å². The lowest BCUT2D eigenvalue weighted by Gasteiger charge is -2.40. The van der Waals surface area contributed by atoms with Gasteiger partial charge in [0.05, 0.1) is 28.6 Å². The van der Waals surface area contributed by atoms with Crippen LogP contribution in [-0.2, 0) is 6.42 Å². The maximum atomic E-state index is 13.2. The topological polar surface area (TPSA) is 112 Å². The Hall–Kier alpha value is -3.66. The summed E-state index contributed by atoms with van der Waals surface area (Å²) in [5.41, 5.74) is 9.85. The van der Waals surface area contributed by atoms with Gasteiger partial charge in [0, 0.05) is 41.9 Å². The highest BCUT2D eigenvalue weighted by Crippen LogP contribution is 2.39. The Labute approximate surface area is 180 Å². The Morgan fingerprint density at radius 1 is 1.16 bits per heavy atom. The van der Waals surface area contributed by atoms with Gasteiger partial charge in [0.15, 0.2) is 0 Å². The molecule has 31 heavy (non-hydrogen) atoms. The number of nitrogens with zero attached hydrogens (tertiary/aromatic N) is 3. The van der Waals surface area contributed by atoms with Crippen molar-refractivity contribution in [1.82, 2.24) is 9.88 Å². The first-order chi connectivity index (χ1) is 15.0. The molecular formula is C24H23N5O2. The number of piperidine rings is 1. The maximum absolute atomic E-state index is 13.2. The van der Waals surface area contributed by atoms with E-state index in [4.69, 9.17) is 11.0 Å². The first-order valence-electron chi connectivity index (χ1n) is 10.6. The minimum Gasteiger partial charge on any atom is -0.381 e. The fourth-order valence-corrected chi connectivity index (χ4v) is 5.21. The van der Waals surface area contributed by atoms with Crippen molar-refractivity contribution in [2.45, 2.75) is 50.2 Å². The molecule has 2 saturated heterocycles. The number of carbonyl (C=O) groups is 2. The highest BCUT2D eigenvalue weighted by Gasteiger charge is 2.43. The molecule has 3 atom stereocenters. The van der Waals surface area contributed by atoms with Gasteiger partial charge < -0.3 is 16.0 Å². The van der Waals surface area contributed by atoms with E-state index < -0.39 is 5.91 Å². The number of nitrogens with one attached hydrogen (secondary N) is 1. The zero-order chi connectivity index (χ0) is 21.5. The number of nitrogens with two attached hydrogens (primary N) is 1. The molecule has 1 aliphatic carbocycles. The maximum Gasteiger partial charge on any atom is 0.254 e. The molecule has 1 unspecified atom stereocenters. The normalized spacial score (nSPS) is 23.3. The lowest BCUT2D eigenvalue weighted by Crippen LogP contribution is -2.49. The van der Waals surface area contributed by atoms with Crippen LogP contribution in [0.3, 0.4) is 0 Å². The molecule has 2 aliphatic heterocycles. The summed E-state index contributed by atoms with van der Waals surface area (Å²) in [5, 5.41) is 12.6. The van der Waals surface area contributed by atoms with E-state index in [0.717, 1.165) is 49.0 Å². The number of pyridine rings is 1. The van der Waals surface area contributed by atoms with E-state index in [2.05, 4.69) is 16.4 Å². The summed E-state index contributed by atoms with van der Waals surface area (Å²) in [6, 6.07) is 9.39. The lowest BCUT2D eigenvalue weighted by atomic mass is 9.95. The average Bonchev–Trinajstić information content (AvgIpc) is 3.36. The summed E-state index contributed by atoms with van der Waals surface area (Å²) >= 11 is 0. The van der Waals surface area contributed by atoms with Crippen LogP contribution in [0.25, 0.3) is 6.08 Å². The number of amides is 2. The van der Waals surface area contributed by atoms with Crippen molar-refractivity contribution in [2.75, 3.05) is 5.32 Å². The Kier molecular flexibility index (Phi) is 4.70. The second-order valence-corrected chi connectivity index (χ2v) is 8.48. The Balaban J connectivity index is 1.36. The molecule has 0 radical (unpaired) electrons. The summed E-state index contributed by atoms with van der Waals surface area (Å²) in [6.45, 7) is 0. The van der Waals surface area contributed by atoms with Crippen molar-refractivity contribution in [3.8, 4) is 6.07 Å². The van der Waals surface area contributed by atoms with Gasteiger partial charge in [0.1, 0.15) is 0 Å². The summed E-state index contributed by atoms with van der Waals surface area (Å²) in [7, 11) is 0. The minimum absolute atomic E-state index is 0.0287. The first-order valence-corrected chi connectivity index (χ1v) is 10.6. The standard InChI is InChI=1S/C24H23N5O2/c25-12-14-4-6-15(7-5-14)24(31)29-17-8-9-18(29)11-16(10-17)28-22-19-2-1-3-21(19)27-13-20(22)23(26)30/h1-2,4-7,13,16-18H,3,8-11H2,(H2,26,30)(H,27,28)/t16?,17-,18+. The number of allylic oxidation sites excluding steroid dienone is 1. The van der Waals surface area contributed by atoms with Gasteiger partial charge in [-0.1, -0.05) is 12.2 Å². The third-order valence-electron chi connectivity index (χ3n) is 6.64. The number of hydrogen-bond acceptors (Lipinski definition) is 5. The van der Waals surface area contributed by atoms with E-state index in [0.29, 0.717) is 16.7 Å². The fourth-order valence-electron chi connectivity index (χ4n) is 5.21. The third-order valence-corrected chi connectivity index (χ3v) is 6.64. The number of nitriles is 1. The van der Waals surface area contributed by atoms with Gasteiger partial charge >= 0.3 is 0 Å². The molecule has 156 valence electrons. The Morgan fingerprint density at radius 2 is 1.87 bits per heavy atom. The van der Waals surface area contributed by atoms with Crippen molar-refractivity contribution in [1.29, 1.82) is 5.26 Å². The quantitative estimate of drug-likeness (QED) is 0.800. The van der Waals surface area contributed by atoms with Crippen LogP contribution in [0.15, 0.2) is 36.5 Å². The molecule has 2 amide bonds. The van der Waals surface area contributed by atoms with Crippen molar-refractivity contribution in [2.24, 2.45) is 5.73 Å². The number of primary amides is 1. The largest absolute Gasteiger partial charge is 0.381 e. The molecule has 2 fully saturated rings. The molecule has 3 N–H and O–H groups in total. The van der Waals surface area contributed by atoms with Crippen LogP contribution in [0.1, 0.15) is 63.2 Å². The van der Waals surface area contributed by atoms with Crippen LogP contribution < -0.4 is 11.1 Å². The lowest BCUT2D eigenvalue weighted by molar-refractivity contribution is 0.0583. The number of hydrogen-bond donors (Lipinski definition) is 2. The minimum atomic E-state index is -0.491. The van der Waals surface area contributed by atoms with Crippen LogP contribution in [0, 0.1) is 11.3 Å². The molecule has 0 saturated carbocycles. The van der Waals surface area contributed by atoms with E-state index >= 15 is 0 Å². The number of rotatable bonds is 4. The number of anilines is 1. The third kappa shape index (κ3) is 3.34. The molecule has 0 spiro atoms. The predicted octanol–water partition coefficient (Wildman–Crippen LogP) is 2.87. The van der Waals surface area contributed by atoms with E-state index in [9.17, 15) is 9.59 Å². The van der Waals surface area contributed by atoms with Gasteiger partial charge in [-0.3, -0.25) is 14.6 Å². The molecule has 7 heteroatoms. The smallest absolute Gasteiger partial charge is 0.254 e. The van der Waals surface area contributed by atoms with Gasteiger partial charge in [0.2, 0.25) is 0 Å². The van der Waals surface area contributed by atoms with Crippen LogP contribution >= 0.6 is 0 Å². The molecule has 2 aromatic rings. The van der Waals surface area contributed by atoms with Crippen LogP contribution in [0.5, 0.6) is 0 Å². The molecule has 7 nitrogen and oxygen atoms in total. The summed E-state index contributed by atoms with van der Waals surface area (Å²) in [6.07, 6.45) is 9.94. The highest BCUT2D eigenvalue weighted by molar-refractivity contribution is 6.00. The van der Waals surface area contributed by atoms with Gasteiger partial charge in [-0.05, 0) is 49.9 Å². The molecule has 3 aliphatic rings. The van der Waals surface area contributed by atoms with E-state index in [-0.39, 0.29) is 24.0 Å². The van der Waals surface area contributed by atoms with Crippen LogP contribution in [-0.4, -0.2) is 39.8 Å². The molecular weight excluding hydrogens is 390 g/mol. The summed E-state index contributed by atoms with van der Waals surface area (Å²) < 4.78 is 0. The monoisotopic (exact) mass is 413 g/mol. The second kappa shape index (κ2) is 7.55. The first kappa shape index (κ1) is 19.3. The van der Waals surface area contributed by atoms with Crippen LogP contribution in [0.4, 0.5) is 5.69 Å². The van der Waals surface area contributed by atoms with Gasteiger partial charge in [0.25, 0.3) is 11.8 Å². The SMILES string of the molecule is N#Cc1ccc(C(=O)N2[C@@H]3CC[C@H]2CC(Nc2c(C(N)=O)cnc4c2C=CC4)C3)cc1. The Bertz CT molecular complexity index is 1120. The van der Waals surface area contributed by atoms with E-state index in [1.807, 2.05) is 17.1 Å². The molecule has 1 aromatic heterocycles. The molecule has 5 rings (SSSR count). The van der Waals surface area contributed by atoms with Gasteiger partial charge in [-0.25, -0.2) is 0 Å². The van der Waals surface area contributed by atoms with Crippen molar-refractivity contribution in [3.05, 3.63) is 64.5 Å². The number of benzene rings is 1. The molecule has 1 aromatic carbocycles. The fraction of sp³-hybridized carbons (Fsp3) is 0.333. The molecule has 3 heterocycles. The van der Waals surface area contributed by atoms with Crippen LogP contribution in [0.2, 0.25) is 0 Å². The zero-order valence-electron chi connectivity index (χ0n) is 17.0. The Morgan fingerprint density at radius 3 is 2.52 bits per heavy atom. The predicted molar refractivity (Wildman–Crippen MR) is 116 cm³/mol. The van der Waals surface area contributed by atoms with Crippen molar-refractivity contribution >= 4 is 23.6 Å². The van der Waals surface area contributed by atoms with E-state index in [1.54, 1.807) is 30.5 Å². The van der Waals surface area contributed by atoms with Gasteiger partial charge in [-0.2, -0.15) is 5.26 Å². The average molecular weight is 413 g/mol. The van der Waals surface area contributed by atoms with Gasteiger partial charge in [-0.15, -0.1) is 0 Å². The molecule has 2 bridgehead atoms. The number of aromatic nitrogens is 1. The number of carbonyl (C=O) groups excluding carboxylic acids is 2. The highest BCUT2D eigenvalue weighted by atomic mass is 16.2.